The first-order chi connectivity index (χ1) is 7.54. The van der Waals surface area contributed by atoms with Gasteiger partial charge in [0, 0.05) is 23.9 Å². The third kappa shape index (κ3) is 3.35. The summed E-state index contributed by atoms with van der Waals surface area (Å²) in [6, 6.07) is 4.88. The zero-order valence-electron chi connectivity index (χ0n) is 9.34. The van der Waals surface area contributed by atoms with Gasteiger partial charge in [-0.1, -0.05) is 18.5 Å². The van der Waals surface area contributed by atoms with E-state index < -0.39 is 0 Å². The van der Waals surface area contributed by atoms with Crippen molar-refractivity contribution in [2.45, 2.75) is 26.7 Å². The number of hydrogen-bond acceptors (Lipinski definition) is 2. The van der Waals surface area contributed by atoms with E-state index in [0.29, 0.717) is 22.7 Å². The summed E-state index contributed by atoms with van der Waals surface area (Å²) in [7, 11) is 0. The SMILES string of the molecule is CCCC(=O)c1cc(Cl)ccc1NC(C)=O. The van der Waals surface area contributed by atoms with Crippen molar-refractivity contribution in [3.05, 3.63) is 28.8 Å². The maximum absolute atomic E-state index is 11.8. The molecule has 0 aliphatic heterocycles. The van der Waals surface area contributed by atoms with Gasteiger partial charge in [0.1, 0.15) is 0 Å². The Morgan fingerprint density at radius 1 is 1.38 bits per heavy atom. The van der Waals surface area contributed by atoms with Crippen molar-refractivity contribution in [3.63, 3.8) is 0 Å². The maximum atomic E-state index is 11.8. The number of halogens is 1. The number of anilines is 1. The summed E-state index contributed by atoms with van der Waals surface area (Å²) in [6.45, 7) is 3.34. The number of hydrogen-bond donors (Lipinski definition) is 1. The highest BCUT2D eigenvalue weighted by atomic mass is 35.5. The Hall–Kier alpha value is -1.35. The smallest absolute Gasteiger partial charge is 0.221 e. The van der Waals surface area contributed by atoms with Crippen molar-refractivity contribution in [2.24, 2.45) is 0 Å². The molecule has 1 N–H and O–H groups in total. The zero-order chi connectivity index (χ0) is 12.1. The number of Topliss-reactive ketones (excluding diaryl/α,β-unsaturated/α-hetero) is 1. The van der Waals surface area contributed by atoms with Gasteiger partial charge in [0.25, 0.3) is 0 Å². The van der Waals surface area contributed by atoms with Crippen LogP contribution in [0.4, 0.5) is 5.69 Å². The first-order valence-corrected chi connectivity index (χ1v) is 5.52. The first kappa shape index (κ1) is 12.7. The summed E-state index contributed by atoms with van der Waals surface area (Å²) in [5.41, 5.74) is 1.000. The van der Waals surface area contributed by atoms with E-state index in [1.165, 1.54) is 6.92 Å². The second kappa shape index (κ2) is 5.66. The van der Waals surface area contributed by atoms with E-state index in [1.807, 2.05) is 6.92 Å². The van der Waals surface area contributed by atoms with E-state index in [2.05, 4.69) is 5.32 Å². The molecule has 0 fully saturated rings. The van der Waals surface area contributed by atoms with Gasteiger partial charge in [-0.3, -0.25) is 9.59 Å². The summed E-state index contributed by atoms with van der Waals surface area (Å²) in [4.78, 5) is 22.8. The second-order valence-electron chi connectivity index (χ2n) is 3.54. The van der Waals surface area contributed by atoms with Gasteiger partial charge < -0.3 is 5.32 Å². The minimum absolute atomic E-state index is 0.00579. The van der Waals surface area contributed by atoms with Crippen LogP contribution in [0.5, 0.6) is 0 Å². The van der Waals surface area contributed by atoms with Gasteiger partial charge in [0.15, 0.2) is 5.78 Å². The van der Waals surface area contributed by atoms with Crippen LogP contribution in [-0.4, -0.2) is 11.7 Å². The number of rotatable bonds is 4. The van der Waals surface area contributed by atoms with Crippen LogP contribution in [0.2, 0.25) is 5.02 Å². The summed E-state index contributed by atoms with van der Waals surface area (Å²) in [5, 5.41) is 3.12. The summed E-state index contributed by atoms with van der Waals surface area (Å²) < 4.78 is 0. The predicted octanol–water partition coefficient (Wildman–Crippen LogP) is 3.28. The molecule has 1 aromatic carbocycles. The fourth-order valence-corrected chi connectivity index (χ4v) is 1.58. The average molecular weight is 240 g/mol. The summed E-state index contributed by atoms with van der Waals surface area (Å²) >= 11 is 5.83. The van der Waals surface area contributed by atoms with Crippen LogP contribution >= 0.6 is 11.6 Å². The van der Waals surface area contributed by atoms with Gasteiger partial charge in [0.2, 0.25) is 5.91 Å². The third-order valence-corrected chi connectivity index (χ3v) is 2.30. The lowest BCUT2D eigenvalue weighted by molar-refractivity contribution is -0.114. The van der Waals surface area contributed by atoms with Crippen LogP contribution in [0.3, 0.4) is 0 Å². The molecule has 0 heterocycles. The van der Waals surface area contributed by atoms with Crippen LogP contribution in [-0.2, 0) is 4.79 Å². The third-order valence-electron chi connectivity index (χ3n) is 2.07. The molecule has 0 radical (unpaired) electrons. The van der Waals surface area contributed by atoms with Crippen molar-refractivity contribution in [1.29, 1.82) is 0 Å². The van der Waals surface area contributed by atoms with Crippen molar-refractivity contribution in [1.82, 2.24) is 0 Å². The molecule has 1 rings (SSSR count). The van der Waals surface area contributed by atoms with Crippen LogP contribution in [0, 0.1) is 0 Å². The van der Waals surface area contributed by atoms with Crippen molar-refractivity contribution >= 4 is 29.0 Å². The fraction of sp³-hybridized carbons (Fsp3) is 0.333. The van der Waals surface area contributed by atoms with Gasteiger partial charge >= 0.3 is 0 Å². The molecule has 0 aromatic heterocycles. The first-order valence-electron chi connectivity index (χ1n) is 5.15. The molecule has 3 nitrogen and oxygen atoms in total. The molecule has 4 heteroatoms. The van der Waals surface area contributed by atoms with Crippen LogP contribution in [0.15, 0.2) is 18.2 Å². The Labute approximate surface area is 99.8 Å². The minimum Gasteiger partial charge on any atom is -0.326 e. The van der Waals surface area contributed by atoms with E-state index in [1.54, 1.807) is 18.2 Å². The average Bonchev–Trinajstić information content (AvgIpc) is 2.20. The molecule has 86 valence electrons. The second-order valence-corrected chi connectivity index (χ2v) is 3.98. The van der Waals surface area contributed by atoms with Crippen LogP contribution in [0.25, 0.3) is 0 Å². The van der Waals surface area contributed by atoms with Gasteiger partial charge in [-0.15, -0.1) is 0 Å². The molecule has 0 saturated heterocycles. The lowest BCUT2D eigenvalue weighted by Crippen LogP contribution is -2.11. The Morgan fingerprint density at radius 2 is 2.06 bits per heavy atom. The number of carbonyl (C=O) groups is 2. The van der Waals surface area contributed by atoms with E-state index in [9.17, 15) is 9.59 Å². The molecule has 1 aromatic rings. The Balaban J connectivity index is 3.07. The topological polar surface area (TPSA) is 46.2 Å². The summed E-state index contributed by atoms with van der Waals surface area (Å²) in [5.74, 6) is -0.207. The Bertz CT molecular complexity index is 415. The van der Waals surface area contributed by atoms with Gasteiger partial charge in [-0.2, -0.15) is 0 Å². The highest BCUT2D eigenvalue weighted by Crippen LogP contribution is 2.22. The summed E-state index contributed by atoms with van der Waals surface area (Å²) in [6.07, 6.45) is 1.22. The quantitative estimate of drug-likeness (QED) is 0.820. The molecule has 0 aliphatic rings. The molecule has 16 heavy (non-hydrogen) atoms. The number of amides is 1. The predicted molar refractivity (Wildman–Crippen MR) is 65.0 cm³/mol. The largest absolute Gasteiger partial charge is 0.326 e. The number of nitrogens with one attached hydrogen (secondary N) is 1. The van der Waals surface area contributed by atoms with E-state index in [-0.39, 0.29) is 11.7 Å². The number of carbonyl (C=O) groups excluding carboxylic acids is 2. The highest BCUT2D eigenvalue weighted by molar-refractivity contribution is 6.31. The zero-order valence-corrected chi connectivity index (χ0v) is 10.1. The molecule has 0 spiro atoms. The van der Waals surface area contributed by atoms with Crippen LogP contribution < -0.4 is 5.32 Å². The molecule has 0 saturated carbocycles. The Kier molecular flexibility index (Phi) is 4.50. The van der Waals surface area contributed by atoms with Crippen molar-refractivity contribution in [3.8, 4) is 0 Å². The van der Waals surface area contributed by atoms with Gasteiger partial charge in [-0.25, -0.2) is 0 Å². The van der Waals surface area contributed by atoms with E-state index in [4.69, 9.17) is 11.6 Å². The molecular weight excluding hydrogens is 226 g/mol. The molecule has 0 bridgehead atoms. The van der Waals surface area contributed by atoms with Crippen molar-refractivity contribution in [2.75, 3.05) is 5.32 Å². The van der Waals surface area contributed by atoms with Gasteiger partial charge in [0.05, 0.1) is 5.69 Å². The Morgan fingerprint density at radius 3 is 2.62 bits per heavy atom. The van der Waals surface area contributed by atoms with E-state index >= 15 is 0 Å². The fourth-order valence-electron chi connectivity index (χ4n) is 1.41. The van der Waals surface area contributed by atoms with E-state index in [0.717, 1.165) is 6.42 Å². The molecule has 0 unspecified atom stereocenters. The molecule has 1 amide bonds. The lowest BCUT2D eigenvalue weighted by Gasteiger charge is -2.09. The standard InChI is InChI=1S/C12H14ClNO2/c1-3-4-12(16)10-7-9(13)5-6-11(10)14-8(2)15/h5-7H,3-4H2,1-2H3,(H,14,15). The number of benzene rings is 1. The van der Waals surface area contributed by atoms with Crippen molar-refractivity contribution < 1.29 is 9.59 Å². The maximum Gasteiger partial charge on any atom is 0.221 e. The molecule has 0 atom stereocenters. The minimum atomic E-state index is -0.201. The number of ketones is 1. The van der Waals surface area contributed by atoms with Crippen LogP contribution in [0.1, 0.15) is 37.0 Å². The van der Waals surface area contributed by atoms with Gasteiger partial charge in [-0.05, 0) is 24.6 Å². The molecule has 0 aliphatic carbocycles. The lowest BCUT2D eigenvalue weighted by atomic mass is 10.0. The normalized spacial score (nSPS) is 9.94. The monoisotopic (exact) mass is 239 g/mol. The molecular formula is C12H14ClNO2. The highest BCUT2D eigenvalue weighted by Gasteiger charge is 2.12.